The summed E-state index contributed by atoms with van der Waals surface area (Å²) in [5.41, 5.74) is 1.03. The fraction of sp³-hybridized carbons (Fsp3) is 0.375. The molecule has 0 saturated carbocycles. The van der Waals surface area contributed by atoms with Crippen molar-refractivity contribution in [2.75, 3.05) is 18.4 Å². The summed E-state index contributed by atoms with van der Waals surface area (Å²) < 4.78 is 12.1. The van der Waals surface area contributed by atoms with Crippen LogP contribution in [0.1, 0.15) is 61.9 Å². The zero-order valence-corrected chi connectivity index (χ0v) is 23.4. The Morgan fingerprint density at radius 1 is 0.875 bits per heavy atom. The van der Waals surface area contributed by atoms with Crippen molar-refractivity contribution in [1.82, 2.24) is 4.90 Å². The van der Waals surface area contributed by atoms with E-state index in [1.165, 1.54) is 12.1 Å². The van der Waals surface area contributed by atoms with Crippen molar-refractivity contribution in [2.24, 2.45) is 5.92 Å². The van der Waals surface area contributed by atoms with E-state index in [1.54, 1.807) is 35.2 Å². The predicted molar refractivity (Wildman–Crippen MR) is 155 cm³/mol. The number of urea groups is 1. The minimum Gasteiger partial charge on any atom is -0.478 e. The van der Waals surface area contributed by atoms with Gasteiger partial charge in [-0.15, -0.1) is 0 Å². The second kappa shape index (κ2) is 12.9. The molecule has 0 atom stereocenters. The van der Waals surface area contributed by atoms with Crippen LogP contribution in [0.4, 0.5) is 10.5 Å². The van der Waals surface area contributed by atoms with E-state index >= 15 is 0 Å². The molecular formula is C32H38N2O6. The molecule has 0 unspecified atom stereocenters. The van der Waals surface area contributed by atoms with E-state index in [4.69, 9.17) is 14.6 Å². The summed E-state index contributed by atoms with van der Waals surface area (Å²) in [6.45, 7) is 7.25. The lowest BCUT2D eigenvalue weighted by Gasteiger charge is -2.39. The van der Waals surface area contributed by atoms with Crippen molar-refractivity contribution in [3.8, 4) is 23.0 Å². The number of amides is 2. The number of piperidine rings is 1. The molecule has 212 valence electrons. The van der Waals surface area contributed by atoms with E-state index in [1.807, 2.05) is 31.2 Å². The average molecular weight is 547 g/mol. The van der Waals surface area contributed by atoms with Gasteiger partial charge < -0.3 is 29.9 Å². The summed E-state index contributed by atoms with van der Waals surface area (Å²) in [6, 6.07) is 18.6. The van der Waals surface area contributed by atoms with Crippen LogP contribution >= 0.6 is 0 Å². The number of nitrogens with one attached hydrogen (secondary N) is 1. The molecule has 1 saturated heterocycles. The maximum absolute atomic E-state index is 13.2. The summed E-state index contributed by atoms with van der Waals surface area (Å²) in [5.74, 6) is 1.44. The van der Waals surface area contributed by atoms with E-state index in [-0.39, 0.29) is 11.6 Å². The number of likely N-dealkylation sites (tertiary alicyclic amines) is 1. The number of carboxylic acid groups (broad SMARTS) is 1. The van der Waals surface area contributed by atoms with Crippen molar-refractivity contribution in [3.05, 3.63) is 77.9 Å². The molecule has 3 aromatic rings. The zero-order valence-electron chi connectivity index (χ0n) is 23.4. The quantitative estimate of drug-likeness (QED) is 0.244. The van der Waals surface area contributed by atoms with Crippen LogP contribution in [0.15, 0.2) is 66.7 Å². The normalized spacial score (nSPS) is 14.6. The Kier molecular flexibility index (Phi) is 9.32. The van der Waals surface area contributed by atoms with Crippen molar-refractivity contribution in [1.29, 1.82) is 0 Å². The maximum atomic E-state index is 13.2. The molecule has 4 rings (SSSR count). The number of benzene rings is 3. The minimum absolute atomic E-state index is 0.157. The standard InChI is InChI=1S/C32H38N2O6/c1-4-23(5-2)21-32(38)14-16-34(17-15-32)31(37)33-25-18-28(39-26-10-6-22(3)7-11-26)20-29(19-25)40-27-12-8-24(9-13-27)30(35)36/h6-13,18-20,23,38H,4-5,14-17,21H2,1-3H3,(H,33,37)(H,35,36). The fourth-order valence-electron chi connectivity index (χ4n) is 4.95. The molecule has 3 aromatic carbocycles. The van der Waals surface area contributed by atoms with Crippen LogP contribution in [-0.4, -0.2) is 45.8 Å². The highest BCUT2D eigenvalue weighted by Crippen LogP contribution is 2.34. The number of carbonyl (C=O) groups is 2. The van der Waals surface area contributed by atoms with Crippen LogP contribution in [0.3, 0.4) is 0 Å². The first-order valence-corrected chi connectivity index (χ1v) is 13.9. The summed E-state index contributed by atoms with van der Waals surface area (Å²) in [7, 11) is 0. The lowest BCUT2D eigenvalue weighted by atomic mass is 9.81. The van der Waals surface area contributed by atoms with E-state index in [0.717, 1.165) is 24.8 Å². The highest BCUT2D eigenvalue weighted by Gasteiger charge is 2.35. The Bertz CT molecular complexity index is 1290. The summed E-state index contributed by atoms with van der Waals surface area (Å²) >= 11 is 0. The Balaban J connectivity index is 1.49. The Labute approximate surface area is 235 Å². The number of aliphatic hydroxyl groups is 1. The molecule has 0 aromatic heterocycles. The second-order valence-electron chi connectivity index (χ2n) is 10.6. The minimum atomic E-state index is -1.02. The molecule has 8 nitrogen and oxygen atoms in total. The predicted octanol–water partition coefficient (Wildman–Crippen LogP) is 7.46. The number of nitrogens with zero attached hydrogens (tertiary/aromatic N) is 1. The van der Waals surface area contributed by atoms with E-state index < -0.39 is 11.6 Å². The van der Waals surface area contributed by atoms with Crippen LogP contribution in [-0.2, 0) is 0 Å². The van der Waals surface area contributed by atoms with Gasteiger partial charge in [0.2, 0.25) is 0 Å². The van der Waals surface area contributed by atoms with Crippen LogP contribution in [0, 0.1) is 12.8 Å². The number of carbonyl (C=O) groups excluding carboxylic acids is 1. The molecule has 0 spiro atoms. The molecule has 1 aliphatic rings. The second-order valence-corrected chi connectivity index (χ2v) is 10.6. The van der Waals surface area contributed by atoms with Crippen molar-refractivity contribution in [3.63, 3.8) is 0 Å². The highest BCUT2D eigenvalue weighted by atomic mass is 16.5. The number of hydrogen-bond donors (Lipinski definition) is 3. The first-order chi connectivity index (χ1) is 19.2. The molecule has 0 aliphatic carbocycles. The van der Waals surface area contributed by atoms with Gasteiger partial charge in [-0.3, -0.25) is 0 Å². The summed E-state index contributed by atoms with van der Waals surface area (Å²) in [4.78, 5) is 26.1. The van der Waals surface area contributed by atoms with Crippen molar-refractivity contribution < 1.29 is 29.3 Å². The molecule has 0 bridgehead atoms. The Morgan fingerprint density at radius 3 is 1.90 bits per heavy atom. The molecule has 1 aliphatic heterocycles. The summed E-state index contributed by atoms with van der Waals surface area (Å²) in [6.07, 6.45) is 3.95. The van der Waals surface area contributed by atoms with Crippen molar-refractivity contribution >= 4 is 17.7 Å². The van der Waals surface area contributed by atoms with E-state index in [0.29, 0.717) is 60.5 Å². The number of aromatic carboxylic acids is 1. The Morgan fingerprint density at radius 2 is 1.40 bits per heavy atom. The molecule has 0 radical (unpaired) electrons. The number of hydrogen-bond acceptors (Lipinski definition) is 5. The van der Waals surface area contributed by atoms with Gasteiger partial charge in [0, 0.05) is 37.0 Å². The number of ether oxygens (including phenoxy) is 2. The van der Waals surface area contributed by atoms with Crippen molar-refractivity contribution in [2.45, 2.75) is 58.5 Å². The van der Waals surface area contributed by atoms with Gasteiger partial charge in [-0.2, -0.15) is 0 Å². The number of anilines is 1. The third kappa shape index (κ3) is 7.76. The van der Waals surface area contributed by atoms with Crippen LogP contribution in [0.2, 0.25) is 0 Å². The third-order valence-corrected chi connectivity index (χ3v) is 7.53. The SMILES string of the molecule is CCC(CC)CC1(O)CCN(C(=O)Nc2cc(Oc3ccc(C)cc3)cc(Oc3ccc(C(=O)O)cc3)c2)CC1. The van der Waals surface area contributed by atoms with E-state index in [9.17, 15) is 14.7 Å². The lowest BCUT2D eigenvalue weighted by Crippen LogP contribution is -2.48. The molecule has 2 amide bonds. The van der Waals surface area contributed by atoms with Gasteiger partial charge >= 0.3 is 12.0 Å². The lowest BCUT2D eigenvalue weighted by molar-refractivity contribution is -0.0309. The highest BCUT2D eigenvalue weighted by molar-refractivity contribution is 5.90. The molecule has 1 heterocycles. The first kappa shape index (κ1) is 29.0. The van der Waals surface area contributed by atoms with Gasteiger partial charge in [0.15, 0.2) is 0 Å². The van der Waals surface area contributed by atoms with Gasteiger partial charge in [-0.1, -0.05) is 44.4 Å². The molecule has 1 fully saturated rings. The van der Waals surface area contributed by atoms with Gasteiger partial charge in [0.1, 0.15) is 23.0 Å². The van der Waals surface area contributed by atoms with E-state index in [2.05, 4.69) is 19.2 Å². The maximum Gasteiger partial charge on any atom is 0.335 e. The largest absolute Gasteiger partial charge is 0.478 e. The van der Waals surface area contributed by atoms with Crippen LogP contribution in [0.25, 0.3) is 0 Å². The average Bonchev–Trinajstić information content (AvgIpc) is 2.93. The number of carboxylic acids is 1. The van der Waals surface area contributed by atoms with Gasteiger partial charge in [-0.05, 0) is 68.5 Å². The molecule has 40 heavy (non-hydrogen) atoms. The first-order valence-electron chi connectivity index (χ1n) is 13.9. The van der Waals surface area contributed by atoms with Gasteiger partial charge in [0.05, 0.1) is 11.2 Å². The third-order valence-electron chi connectivity index (χ3n) is 7.53. The summed E-state index contributed by atoms with van der Waals surface area (Å²) in [5, 5.41) is 23.2. The van der Waals surface area contributed by atoms with Gasteiger partial charge in [-0.25, -0.2) is 9.59 Å². The smallest absolute Gasteiger partial charge is 0.335 e. The van der Waals surface area contributed by atoms with Crippen LogP contribution < -0.4 is 14.8 Å². The van der Waals surface area contributed by atoms with Crippen LogP contribution in [0.5, 0.6) is 23.0 Å². The Hall–Kier alpha value is -4.04. The van der Waals surface area contributed by atoms with Gasteiger partial charge in [0.25, 0.3) is 0 Å². The number of aryl methyl sites for hydroxylation is 1. The zero-order chi connectivity index (χ0) is 28.7. The monoisotopic (exact) mass is 546 g/mol. The number of rotatable bonds is 10. The molecule has 3 N–H and O–H groups in total. The molecular weight excluding hydrogens is 508 g/mol. The molecule has 8 heteroatoms. The fourth-order valence-corrected chi connectivity index (χ4v) is 4.95. The topological polar surface area (TPSA) is 108 Å².